The van der Waals surface area contributed by atoms with Crippen molar-refractivity contribution in [3.63, 3.8) is 0 Å². The Morgan fingerprint density at radius 1 is 1.12 bits per heavy atom. The Morgan fingerprint density at radius 2 is 1.92 bits per heavy atom. The van der Waals surface area contributed by atoms with Crippen LogP contribution >= 0.6 is 0 Å². The molecule has 0 N–H and O–H groups in total. The summed E-state index contributed by atoms with van der Waals surface area (Å²) < 4.78 is 6.11. The van der Waals surface area contributed by atoms with Gasteiger partial charge in [-0.15, -0.1) is 0 Å². The second-order valence-electron chi connectivity index (χ2n) is 6.94. The summed E-state index contributed by atoms with van der Waals surface area (Å²) in [4.78, 5) is 10.5. The molecule has 0 radical (unpaired) electrons. The Hall–Kier alpha value is -2.20. The number of nitro benzene ring substituents is 1. The number of hydrogen-bond donors (Lipinski definition) is 0. The van der Waals surface area contributed by atoms with Gasteiger partial charge in [0.05, 0.1) is 11.0 Å². The molecule has 1 heterocycles. The van der Waals surface area contributed by atoms with Crippen molar-refractivity contribution in [1.29, 1.82) is 0 Å². The molecule has 124 valence electrons. The van der Waals surface area contributed by atoms with Crippen LogP contribution in [0.2, 0.25) is 0 Å². The van der Waals surface area contributed by atoms with Crippen LogP contribution in [-0.4, -0.2) is 11.5 Å². The minimum absolute atomic E-state index is 0.0400. The standard InChI is InChI=1S/C20H21NO3/c1-13-2-3-14-6-9-18-17(19(14)12-13)10-11-24-20(18)15-4-7-16(8-5-15)21(22)23/h2-5,7-8,12,17-18,20H,6,9-11H2,1H3/t17-,18+,20-/m1/s1. The highest BCUT2D eigenvalue weighted by Crippen LogP contribution is 2.49. The van der Waals surface area contributed by atoms with E-state index in [0.717, 1.165) is 31.4 Å². The van der Waals surface area contributed by atoms with E-state index < -0.39 is 0 Å². The van der Waals surface area contributed by atoms with Crippen molar-refractivity contribution in [2.45, 2.75) is 38.2 Å². The van der Waals surface area contributed by atoms with E-state index in [4.69, 9.17) is 4.74 Å². The van der Waals surface area contributed by atoms with Crippen molar-refractivity contribution in [2.75, 3.05) is 6.61 Å². The topological polar surface area (TPSA) is 52.4 Å². The average molecular weight is 323 g/mol. The number of ether oxygens (including phenoxy) is 1. The Bertz CT molecular complexity index is 769. The molecule has 2 aliphatic rings. The predicted octanol–water partition coefficient (Wildman–Crippen LogP) is 4.71. The first-order chi connectivity index (χ1) is 11.6. The van der Waals surface area contributed by atoms with E-state index in [9.17, 15) is 10.1 Å². The molecule has 1 saturated heterocycles. The summed E-state index contributed by atoms with van der Waals surface area (Å²) in [5, 5.41) is 10.9. The molecule has 0 spiro atoms. The summed E-state index contributed by atoms with van der Waals surface area (Å²) in [7, 11) is 0. The van der Waals surface area contributed by atoms with Crippen molar-refractivity contribution in [1.82, 2.24) is 0 Å². The van der Waals surface area contributed by atoms with Crippen molar-refractivity contribution >= 4 is 5.69 Å². The van der Waals surface area contributed by atoms with Crippen LogP contribution in [0, 0.1) is 23.0 Å². The van der Waals surface area contributed by atoms with Gasteiger partial charge < -0.3 is 4.74 Å². The molecular weight excluding hydrogens is 302 g/mol. The second-order valence-corrected chi connectivity index (χ2v) is 6.94. The second kappa shape index (κ2) is 6.02. The largest absolute Gasteiger partial charge is 0.373 e. The molecule has 0 unspecified atom stereocenters. The van der Waals surface area contributed by atoms with Crippen LogP contribution in [0.4, 0.5) is 5.69 Å². The molecule has 4 rings (SSSR count). The van der Waals surface area contributed by atoms with Gasteiger partial charge in [-0.25, -0.2) is 0 Å². The number of rotatable bonds is 2. The highest BCUT2D eigenvalue weighted by Gasteiger charge is 2.39. The van der Waals surface area contributed by atoms with Crippen LogP contribution < -0.4 is 0 Å². The molecule has 0 saturated carbocycles. The maximum Gasteiger partial charge on any atom is 0.269 e. The molecule has 1 aliphatic heterocycles. The first-order valence-corrected chi connectivity index (χ1v) is 8.59. The maximum atomic E-state index is 10.9. The summed E-state index contributed by atoms with van der Waals surface area (Å²) in [5.74, 6) is 0.983. The molecule has 3 atom stereocenters. The summed E-state index contributed by atoms with van der Waals surface area (Å²) in [5.41, 5.74) is 5.47. The third-order valence-corrected chi connectivity index (χ3v) is 5.51. The lowest BCUT2D eigenvalue weighted by Gasteiger charge is -2.42. The number of fused-ring (bicyclic) bond motifs is 3. The van der Waals surface area contributed by atoms with E-state index in [0.29, 0.717) is 11.8 Å². The van der Waals surface area contributed by atoms with Crippen molar-refractivity contribution in [2.24, 2.45) is 5.92 Å². The first kappa shape index (κ1) is 15.3. The average Bonchev–Trinajstić information content (AvgIpc) is 2.61. The Balaban J connectivity index is 1.66. The molecule has 2 aromatic carbocycles. The quantitative estimate of drug-likeness (QED) is 0.594. The van der Waals surface area contributed by atoms with Gasteiger partial charge in [-0.05, 0) is 66.8 Å². The zero-order valence-electron chi connectivity index (χ0n) is 13.8. The Morgan fingerprint density at radius 3 is 2.67 bits per heavy atom. The summed E-state index contributed by atoms with van der Waals surface area (Å²) in [6.07, 6.45) is 3.30. The molecular formula is C20H21NO3. The van der Waals surface area contributed by atoms with Crippen LogP contribution in [0.25, 0.3) is 0 Å². The van der Waals surface area contributed by atoms with Crippen LogP contribution in [-0.2, 0) is 11.2 Å². The van der Waals surface area contributed by atoms with E-state index in [1.165, 1.54) is 16.7 Å². The van der Waals surface area contributed by atoms with E-state index in [1.807, 2.05) is 12.1 Å². The molecule has 1 aliphatic carbocycles. The van der Waals surface area contributed by atoms with E-state index in [2.05, 4.69) is 25.1 Å². The van der Waals surface area contributed by atoms with Gasteiger partial charge in [0.25, 0.3) is 5.69 Å². The molecule has 0 amide bonds. The van der Waals surface area contributed by atoms with Crippen LogP contribution in [0.1, 0.15) is 47.1 Å². The van der Waals surface area contributed by atoms with Gasteiger partial charge in [-0.2, -0.15) is 0 Å². The third-order valence-electron chi connectivity index (χ3n) is 5.51. The van der Waals surface area contributed by atoms with Gasteiger partial charge >= 0.3 is 0 Å². The minimum Gasteiger partial charge on any atom is -0.373 e. The van der Waals surface area contributed by atoms with E-state index in [1.54, 1.807) is 12.1 Å². The molecule has 4 heteroatoms. The fourth-order valence-electron chi connectivity index (χ4n) is 4.35. The highest BCUT2D eigenvalue weighted by atomic mass is 16.6. The lowest BCUT2D eigenvalue weighted by atomic mass is 9.69. The van der Waals surface area contributed by atoms with Gasteiger partial charge in [0.15, 0.2) is 0 Å². The zero-order chi connectivity index (χ0) is 16.7. The van der Waals surface area contributed by atoms with Crippen molar-refractivity contribution < 1.29 is 9.66 Å². The Labute approximate surface area is 141 Å². The maximum absolute atomic E-state index is 10.9. The van der Waals surface area contributed by atoms with Crippen LogP contribution in [0.15, 0.2) is 42.5 Å². The molecule has 0 aromatic heterocycles. The SMILES string of the molecule is Cc1ccc2c(c1)[C@@H]1CCO[C@H](c3ccc([N+](=O)[O-])cc3)[C@H]1CC2. The number of nitrogens with zero attached hydrogens (tertiary/aromatic N) is 1. The fraction of sp³-hybridized carbons (Fsp3) is 0.400. The van der Waals surface area contributed by atoms with Crippen molar-refractivity contribution in [3.8, 4) is 0 Å². The third kappa shape index (κ3) is 2.61. The number of non-ortho nitro benzene ring substituents is 1. The van der Waals surface area contributed by atoms with E-state index >= 15 is 0 Å². The van der Waals surface area contributed by atoms with Gasteiger partial charge in [0, 0.05) is 18.7 Å². The van der Waals surface area contributed by atoms with Crippen molar-refractivity contribution in [3.05, 3.63) is 74.8 Å². The molecule has 1 fully saturated rings. The fourth-order valence-corrected chi connectivity index (χ4v) is 4.35. The molecule has 24 heavy (non-hydrogen) atoms. The highest BCUT2D eigenvalue weighted by molar-refractivity contribution is 5.39. The lowest BCUT2D eigenvalue weighted by molar-refractivity contribution is -0.384. The normalized spacial score (nSPS) is 25.6. The van der Waals surface area contributed by atoms with Gasteiger partial charge in [-0.3, -0.25) is 10.1 Å². The minimum atomic E-state index is -0.353. The summed E-state index contributed by atoms with van der Waals surface area (Å²) in [6.45, 7) is 2.90. The van der Waals surface area contributed by atoms with Crippen LogP contribution in [0.3, 0.4) is 0 Å². The monoisotopic (exact) mass is 323 g/mol. The number of hydrogen-bond acceptors (Lipinski definition) is 3. The lowest BCUT2D eigenvalue weighted by Crippen LogP contribution is -2.33. The summed E-state index contributed by atoms with van der Waals surface area (Å²) >= 11 is 0. The van der Waals surface area contributed by atoms with Crippen LogP contribution in [0.5, 0.6) is 0 Å². The van der Waals surface area contributed by atoms with Gasteiger partial charge in [-0.1, -0.05) is 23.8 Å². The van der Waals surface area contributed by atoms with Gasteiger partial charge in [0.2, 0.25) is 0 Å². The zero-order valence-corrected chi connectivity index (χ0v) is 13.8. The predicted molar refractivity (Wildman–Crippen MR) is 92.1 cm³/mol. The van der Waals surface area contributed by atoms with Gasteiger partial charge in [0.1, 0.15) is 0 Å². The Kier molecular flexibility index (Phi) is 3.85. The smallest absolute Gasteiger partial charge is 0.269 e. The molecule has 2 aromatic rings. The number of benzene rings is 2. The molecule has 4 nitrogen and oxygen atoms in total. The summed E-state index contributed by atoms with van der Waals surface area (Å²) in [6, 6.07) is 13.7. The number of aryl methyl sites for hydroxylation is 2. The van der Waals surface area contributed by atoms with E-state index in [-0.39, 0.29) is 16.7 Å². The number of nitro groups is 1. The molecule has 0 bridgehead atoms. The first-order valence-electron chi connectivity index (χ1n) is 8.59.